The van der Waals surface area contributed by atoms with Gasteiger partial charge in [0.1, 0.15) is 11.4 Å². The summed E-state index contributed by atoms with van der Waals surface area (Å²) >= 11 is 0. The van der Waals surface area contributed by atoms with Gasteiger partial charge in [-0.1, -0.05) is 35.9 Å². The van der Waals surface area contributed by atoms with Gasteiger partial charge >= 0.3 is 6.18 Å². The van der Waals surface area contributed by atoms with Crippen molar-refractivity contribution in [2.75, 3.05) is 5.32 Å². The Morgan fingerprint density at radius 3 is 2.23 bits per heavy atom. The number of nitrogens with two attached hydrogens (primary N) is 1. The number of hydrogen-bond acceptors (Lipinski definition) is 6. The van der Waals surface area contributed by atoms with Gasteiger partial charge in [-0.15, -0.1) is 0 Å². The maximum absolute atomic E-state index is 12.9. The Morgan fingerprint density at radius 1 is 0.900 bits per heavy atom. The van der Waals surface area contributed by atoms with Gasteiger partial charge in [-0.05, 0) is 48.9 Å². The lowest BCUT2D eigenvalue weighted by molar-refractivity contribution is -0.137. The number of nitrogens with zero attached hydrogens (tertiary/aromatic N) is 2. The zero-order valence-corrected chi connectivity index (χ0v) is 21.7. The second kappa shape index (κ2) is 11.2. The van der Waals surface area contributed by atoms with Crippen molar-refractivity contribution in [2.45, 2.75) is 24.5 Å². The van der Waals surface area contributed by atoms with E-state index in [2.05, 4.69) is 20.6 Å². The highest BCUT2D eigenvalue weighted by molar-refractivity contribution is 7.89. The van der Waals surface area contributed by atoms with E-state index in [0.29, 0.717) is 11.1 Å². The van der Waals surface area contributed by atoms with Crippen LogP contribution in [0.4, 0.5) is 18.9 Å². The number of aryl methyl sites for hydroxylation is 1. The van der Waals surface area contributed by atoms with Gasteiger partial charge in [0.05, 0.1) is 22.3 Å². The highest BCUT2D eigenvalue weighted by Gasteiger charge is 2.30. The normalized spacial score (nSPS) is 11.6. The van der Waals surface area contributed by atoms with Gasteiger partial charge in [0.2, 0.25) is 10.0 Å². The number of aromatic nitrogens is 2. The Hall–Kier alpha value is -4.62. The molecule has 0 fully saturated rings. The van der Waals surface area contributed by atoms with Crippen LogP contribution in [0, 0.1) is 6.92 Å². The highest BCUT2D eigenvalue weighted by Crippen LogP contribution is 2.30. The molecule has 40 heavy (non-hydrogen) atoms. The number of amides is 2. The molecule has 0 atom stereocenters. The van der Waals surface area contributed by atoms with Crippen LogP contribution in [0.25, 0.3) is 11.1 Å². The molecule has 4 aromatic rings. The van der Waals surface area contributed by atoms with Crippen molar-refractivity contribution in [1.29, 1.82) is 0 Å². The fourth-order valence-electron chi connectivity index (χ4n) is 3.73. The minimum Gasteiger partial charge on any atom is -0.347 e. The zero-order chi connectivity index (χ0) is 29.1. The van der Waals surface area contributed by atoms with Gasteiger partial charge in [0.15, 0.2) is 0 Å². The summed E-state index contributed by atoms with van der Waals surface area (Å²) < 4.78 is 62.5. The van der Waals surface area contributed by atoms with Gasteiger partial charge in [0.25, 0.3) is 11.8 Å². The third-order valence-electron chi connectivity index (χ3n) is 5.71. The fraction of sp³-hybridized carbons (Fsp3) is 0.111. The zero-order valence-electron chi connectivity index (χ0n) is 20.9. The first kappa shape index (κ1) is 28.4. The first-order valence-electron chi connectivity index (χ1n) is 11.6. The summed E-state index contributed by atoms with van der Waals surface area (Å²) in [5.41, 5.74) is 1.37. The molecule has 0 aliphatic heterocycles. The molecule has 0 bridgehead atoms. The summed E-state index contributed by atoms with van der Waals surface area (Å²) in [4.78, 5) is 33.1. The first-order chi connectivity index (χ1) is 18.8. The number of rotatable bonds is 7. The number of alkyl halides is 3. The molecular weight excluding hydrogens is 547 g/mol. The number of benzene rings is 2. The second-order valence-corrected chi connectivity index (χ2v) is 10.3. The lowest BCUT2D eigenvalue weighted by Crippen LogP contribution is -2.24. The van der Waals surface area contributed by atoms with E-state index in [1.807, 2.05) is 0 Å². The summed E-state index contributed by atoms with van der Waals surface area (Å²) in [7, 11) is -3.98. The average molecular weight is 570 g/mol. The van der Waals surface area contributed by atoms with E-state index < -0.39 is 33.6 Å². The van der Waals surface area contributed by atoms with E-state index in [0.717, 1.165) is 17.7 Å². The number of halogens is 3. The summed E-state index contributed by atoms with van der Waals surface area (Å²) in [6.45, 7) is 1.66. The lowest BCUT2D eigenvalue weighted by atomic mass is 10.0. The maximum atomic E-state index is 12.9. The maximum Gasteiger partial charge on any atom is 0.416 e. The van der Waals surface area contributed by atoms with Crippen LogP contribution in [0.2, 0.25) is 0 Å². The molecule has 0 radical (unpaired) electrons. The quantitative estimate of drug-likeness (QED) is 0.303. The molecule has 0 aliphatic rings. The van der Waals surface area contributed by atoms with E-state index >= 15 is 0 Å². The van der Waals surface area contributed by atoms with Crippen LogP contribution in [0.1, 0.15) is 37.7 Å². The van der Waals surface area contributed by atoms with Crippen LogP contribution in [0.3, 0.4) is 0 Å². The number of sulfonamides is 1. The summed E-state index contributed by atoms with van der Waals surface area (Å²) in [5.74, 6) is -1.19. The molecule has 9 nitrogen and oxygen atoms in total. The molecule has 0 saturated carbocycles. The topological polar surface area (TPSA) is 144 Å². The summed E-state index contributed by atoms with van der Waals surface area (Å²) in [6.07, 6.45) is -1.89. The summed E-state index contributed by atoms with van der Waals surface area (Å²) in [5, 5.41) is 10.4. The molecule has 4 N–H and O–H groups in total. The van der Waals surface area contributed by atoms with Gasteiger partial charge in [-0.25, -0.2) is 18.5 Å². The van der Waals surface area contributed by atoms with Crippen molar-refractivity contribution in [3.8, 4) is 11.1 Å². The molecule has 2 amide bonds. The largest absolute Gasteiger partial charge is 0.416 e. The molecular formula is C27H22F3N5O4S. The van der Waals surface area contributed by atoms with Crippen LogP contribution in [0.5, 0.6) is 0 Å². The molecule has 13 heteroatoms. The Kier molecular flexibility index (Phi) is 7.98. The number of primary sulfonamides is 1. The van der Waals surface area contributed by atoms with Crippen molar-refractivity contribution in [3.63, 3.8) is 0 Å². The molecule has 0 saturated heterocycles. The van der Waals surface area contributed by atoms with Crippen LogP contribution in [-0.2, 0) is 22.7 Å². The van der Waals surface area contributed by atoms with Crippen LogP contribution >= 0.6 is 0 Å². The Bertz CT molecular complexity index is 1670. The van der Waals surface area contributed by atoms with Gasteiger partial charge in [-0.2, -0.15) is 13.2 Å². The number of hydrogen-bond donors (Lipinski definition) is 3. The van der Waals surface area contributed by atoms with Gasteiger partial charge < -0.3 is 10.6 Å². The number of carbonyl (C=O) groups is 2. The van der Waals surface area contributed by atoms with Crippen molar-refractivity contribution < 1.29 is 31.2 Å². The minimum absolute atomic E-state index is 0.00346. The molecule has 0 unspecified atom stereocenters. The van der Waals surface area contributed by atoms with Gasteiger partial charge in [0, 0.05) is 23.9 Å². The van der Waals surface area contributed by atoms with Crippen molar-refractivity contribution in [1.82, 2.24) is 15.3 Å². The lowest BCUT2D eigenvalue weighted by Gasteiger charge is -2.10. The van der Waals surface area contributed by atoms with Crippen molar-refractivity contribution in [2.24, 2.45) is 5.14 Å². The fourth-order valence-corrected chi connectivity index (χ4v) is 4.47. The van der Waals surface area contributed by atoms with Crippen molar-refractivity contribution >= 4 is 27.5 Å². The second-order valence-electron chi connectivity index (χ2n) is 8.74. The van der Waals surface area contributed by atoms with Gasteiger partial charge in [-0.3, -0.25) is 14.6 Å². The monoisotopic (exact) mass is 569 g/mol. The molecule has 0 aliphatic carbocycles. The minimum atomic E-state index is -4.49. The number of pyridine rings is 2. The van der Waals surface area contributed by atoms with E-state index in [-0.39, 0.29) is 34.1 Å². The standard InChI is InChI=1S/C27H22F3N5O4S/c1-16-5-10-24(40(31,38)39)21(11-16)18-6-8-23(32-14-18)26(37)35-20-7-9-22(33-15-20)25(36)34-13-17-3-2-4-19(12-17)27(28,29)30/h2-12,14-15H,13H2,1H3,(H,34,36)(H,35,37)(H2,31,38,39). The third-order valence-corrected chi connectivity index (χ3v) is 6.68. The molecule has 2 aromatic carbocycles. The van der Waals surface area contributed by atoms with E-state index in [1.165, 1.54) is 48.8 Å². The summed E-state index contributed by atoms with van der Waals surface area (Å²) in [6, 6.07) is 15.0. The average Bonchev–Trinajstić information content (AvgIpc) is 2.91. The SMILES string of the molecule is Cc1ccc(S(N)(=O)=O)c(-c2ccc(C(=O)Nc3ccc(C(=O)NCc4cccc(C(F)(F)F)c4)nc3)nc2)c1. The predicted octanol–water partition coefficient (Wildman–Crippen LogP) is 4.30. The van der Waals surface area contributed by atoms with Crippen molar-refractivity contribution in [3.05, 3.63) is 107 Å². The van der Waals surface area contributed by atoms with E-state index in [4.69, 9.17) is 5.14 Å². The van der Waals surface area contributed by atoms with E-state index in [1.54, 1.807) is 25.1 Å². The highest BCUT2D eigenvalue weighted by atomic mass is 32.2. The molecule has 206 valence electrons. The number of nitrogens with one attached hydrogen (secondary N) is 2. The number of anilines is 1. The number of carbonyl (C=O) groups excluding carboxylic acids is 2. The Labute approximate surface area is 227 Å². The Balaban J connectivity index is 1.39. The molecule has 2 aromatic heterocycles. The molecule has 0 spiro atoms. The van der Waals surface area contributed by atoms with E-state index in [9.17, 15) is 31.2 Å². The smallest absolute Gasteiger partial charge is 0.347 e. The first-order valence-corrected chi connectivity index (χ1v) is 13.2. The van der Waals surface area contributed by atoms with Crippen LogP contribution < -0.4 is 15.8 Å². The molecule has 2 heterocycles. The Morgan fingerprint density at radius 2 is 1.60 bits per heavy atom. The van der Waals surface area contributed by atoms with Crippen LogP contribution in [-0.4, -0.2) is 30.2 Å². The molecule has 4 rings (SSSR count). The van der Waals surface area contributed by atoms with Crippen LogP contribution in [0.15, 0.2) is 84.0 Å². The third kappa shape index (κ3) is 6.87. The predicted molar refractivity (Wildman–Crippen MR) is 141 cm³/mol.